The first-order valence-corrected chi connectivity index (χ1v) is 9.10. The van der Waals surface area contributed by atoms with E-state index in [1.165, 1.54) is 17.3 Å². The fourth-order valence-electron chi connectivity index (χ4n) is 2.54. The molecule has 1 aliphatic carbocycles. The Labute approximate surface area is 145 Å². The topological polar surface area (TPSA) is 79.8 Å². The highest BCUT2D eigenvalue weighted by Gasteiger charge is 2.30. The Hall–Kier alpha value is -2.02. The van der Waals surface area contributed by atoms with Gasteiger partial charge in [0.25, 0.3) is 0 Å². The molecule has 7 heteroatoms. The lowest BCUT2D eigenvalue weighted by Crippen LogP contribution is -2.33. The number of hydrogen-bond acceptors (Lipinski definition) is 4. The van der Waals surface area contributed by atoms with Crippen LogP contribution in [0.3, 0.4) is 0 Å². The summed E-state index contributed by atoms with van der Waals surface area (Å²) in [5.74, 6) is 0.211. The van der Waals surface area contributed by atoms with Gasteiger partial charge in [-0.3, -0.25) is 9.36 Å². The van der Waals surface area contributed by atoms with Gasteiger partial charge in [-0.15, -0.1) is 5.10 Å². The molecule has 0 bridgehead atoms. The molecule has 0 radical (unpaired) electrons. The number of benzene rings is 1. The van der Waals surface area contributed by atoms with Crippen molar-refractivity contribution in [2.75, 3.05) is 6.54 Å². The number of amides is 1. The van der Waals surface area contributed by atoms with E-state index in [2.05, 4.69) is 34.6 Å². The monoisotopic (exact) mass is 346 g/mol. The average molecular weight is 346 g/mol. The van der Waals surface area contributed by atoms with Gasteiger partial charge in [-0.2, -0.15) is 0 Å². The average Bonchev–Trinajstić information content (AvgIpc) is 3.37. The summed E-state index contributed by atoms with van der Waals surface area (Å²) in [7, 11) is 0. The first kappa shape index (κ1) is 16.8. The van der Waals surface area contributed by atoms with E-state index in [-0.39, 0.29) is 28.8 Å². The van der Waals surface area contributed by atoms with E-state index in [4.69, 9.17) is 0 Å². The Morgan fingerprint density at radius 3 is 2.75 bits per heavy atom. The fourth-order valence-corrected chi connectivity index (χ4v) is 3.49. The predicted molar refractivity (Wildman–Crippen MR) is 94.3 cm³/mol. The Morgan fingerprint density at radius 2 is 2.08 bits per heavy atom. The molecular formula is C17H22N4O2S. The number of carbonyl (C=O) groups excluding carboxylic acids is 1. The molecule has 128 valence electrons. The maximum atomic E-state index is 12.3. The van der Waals surface area contributed by atoms with Crippen molar-refractivity contribution in [2.45, 2.75) is 49.1 Å². The van der Waals surface area contributed by atoms with Gasteiger partial charge in [0.1, 0.15) is 0 Å². The van der Waals surface area contributed by atoms with Gasteiger partial charge in [-0.1, -0.05) is 49.0 Å². The second kappa shape index (κ2) is 7.25. The number of aromatic nitrogens is 3. The molecule has 1 aromatic carbocycles. The van der Waals surface area contributed by atoms with Crippen molar-refractivity contribution < 1.29 is 4.79 Å². The summed E-state index contributed by atoms with van der Waals surface area (Å²) >= 11 is 1.32. The zero-order valence-corrected chi connectivity index (χ0v) is 14.7. The minimum atomic E-state index is -0.305. The number of thioether (sulfide) groups is 1. The zero-order chi connectivity index (χ0) is 17.1. The highest BCUT2D eigenvalue weighted by atomic mass is 32.2. The summed E-state index contributed by atoms with van der Waals surface area (Å²) in [5.41, 5.74) is 1.01. The first-order chi connectivity index (χ1) is 11.6. The van der Waals surface area contributed by atoms with Crippen LogP contribution in [0.15, 0.2) is 40.3 Å². The molecule has 1 fully saturated rings. The normalized spacial score (nSPS) is 16.6. The molecule has 1 amide bonds. The maximum Gasteiger partial charge on any atom is 0.344 e. The summed E-state index contributed by atoms with van der Waals surface area (Å²) in [5, 5.41) is 9.81. The van der Waals surface area contributed by atoms with Gasteiger partial charge >= 0.3 is 5.69 Å². The van der Waals surface area contributed by atoms with Gasteiger partial charge in [-0.05, 0) is 31.2 Å². The molecule has 0 aliphatic heterocycles. The first-order valence-electron chi connectivity index (χ1n) is 8.22. The third kappa shape index (κ3) is 3.90. The predicted octanol–water partition coefficient (Wildman–Crippen LogP) is 2.31. The number of carbonyl (C=O) groups is 1. The lowest BCUT2D eigenvalue weighted by atomic mass is 10.0. The van der Waals surface area contributed by atoms with Gasteiger partial charge in [-0.25, -0.2) is 9.89 Å². The SMILES string of the molecule is C[C@@H](Sc1n[nH]c(=O)n1C1CC1)C(=O)NC[C@H](C)c1ccccc1. The lowest BCUT2D eigenvalue weighted by molar-refractivity contribution is -0.120. The van der Waals surface area contributed by atoms with E-state index in [0.29, 0.717) is 11.7 Å². The molecular weight excluding hydrogens is 324 g/mol. The summed E-state index contributed by atoms with van der Waals surface area (Å²) in [4.78, 5) is 24.1. The van der Waals surface area contributed by atoms with Gasteiger partial charge < -0.3 is 5.32 Å². The molecule has 1 aliphatic rings. The highest BCUT2D eigenvalue weighted by molar-refractivity contribution is 8.00. The molecule has 1 heterocycles. The zero-order valence-electron chi connectivity index (χ0n) is 13.9. The Bertz CT molecular complexity index is 751. The number of aromatic amines is 1. The highest BCUT2D eigenvalue weighted by Crippen LogP contribution is 2.36. The lowest BCUT2D eigenvalue weighted by Gasteiger charge is -2.16. The van der Waals surface area contributed by atoms with Crippen molar-refractivity contribution >= 4 is 17.7 Å². The van der Waals surface area contributed by atoms with Gasteiger partial charge in [0.2, 0.25) is 5.91 Å². The van der Waals surface area contributed by atoms with E-state index in [1.54, 1.807) is 4.57 Å². The number of nitrogens with one attached hydrogen (secondary N) is 2. The molecule has 2 aromatic rings. The van der Waals surface area contributed by atoms with Crippen LogP contribution in [0.25, 0.3) is 0 Å². The van der Waals surface area contributed by atoms with E-state index in [0.717, 1.165) is 12.8 Å². The second-order valence-electron chi connectivity index (χ2n) is 6.23. The number of nitrogens with zero attached hydrogens (tertiary/aromatic N) is 2. The van der Waals surface area contributed by atoms with Crippen molar-refractivity contribution in [1.82, 2.24) is 20.1 Å². The number of hydrogen-bond donors (Lipinski definition) is 2. The summed E-state index contributed by atoms with van der Waals surface area (Å²) in [6, 6.07) is 10.4. The standard InChI is InChI=1S/C17H22N4O2S/c1-11(13-6-4-3-5-7-13)10-18-15(22)12(2)24-17-20-19-16(23)21(17)14-8-9-14/h3-7,11-12,14H,8-10H2,1-2H3,(H,18,22)(H,19,23)/t11-,12+/m0/s1. The molecule has 24 heavy (non-hydrogen) atoms. The Balaban J connectivity index is 1.54. The minimum Gasteiger partial charge on any atom is -0.355 e. The van der Waals surface area contributed by atoms with Gasteiger partial charge in [0, 0.05) is 12.6 Å². The molecule has 6 nitrogen and oxygen atoms in total. The van der Waals surface area contributed by atoms with Crippen LogP contribution in [0.2, 0.25) is 0 Å². The van der Waals surface area contributed by atoms with Crippen molar-refractivity contribution in [3.05, 3.63) is 46.4 Å². The van der Waals surface area contributed by atoms with Crippen molar-refractivity contribution in [2.24, 2.45) is 0 Å². The van der Waals surface area contributed by atoms with Gasteiger partial charge in [0.15, 0.2) is 5.16 Å². The van der Waals surface area contributed by atoms with Crippen LogP contribution in [0.5, 0.6) is 0 Å². The van der Waals surface area contributed by atoms with Crippen LogP contribution < -0.4 is 11.0 Å². The molecule has 0 saturated heterocycles. The van der Waals surface area contributed by atoms with E-state index in [9.17, 15) is 9.59 Å². The van der Waals surface area contributed by atoms with Crippen molar-refractivity contribution in [1.29, 1.82) is 0 Å². The molecule has 0 unspecified atom stereocenters. The summed E-state index contributed by atoms with van der Waals surface area (Å²) in [6.07, 6.45) is 2.00. The third-order valence-electron chi connectivity index (χ3n) is 4.19. The molecule has 2 atom stereocenters. The molecule has 1 aromatic heterocycles. The van der Waals surface area contributed by atoms with Crippen molar-refractivity contribution in [3.63, 3.8) is 0 Å². The number of H-pyrrole nitrogens is 1. The largest absolute Gasteiger partial charge is 0.355 e. The summed E-state index contributed by atoms with van der Waals surface area (Å²) in [6.45, 7) is 4.51. The molecule has 2 N–H and O–H groups in total. The van der Waals surface area contributed by atoms with Crippen LogP contribution in [0, 0.1) is 0 Å². The maximum absolute atomic E-state index is 12.3. The van der Waals surface area contributed by atoms with E-state index >= 15 is 0 Å². The van der Waals surface area contributed by atoms with E-state index < -0.39 is 0 Å². The van der Waals surface area contributed by atoms with Crippen LogP contribution in [0.1, 0.15) is 44.2 Å². The fraction of sp³-hybridized carbons (Fsp3) is 0.471. The molecule has 3 rings (SSSR count). The Morgan fingerprint density at radius 1 is 1.38 bits per heavy atom. The van der Waals surface area contributed by atoms with Crippen LogP contribution in [0.4, 0.5) is 0 Å². The minimum absolute atomic E-state index is 0.0411. The quantitative estimate of drug-likeness (QED) is 0.754. The number of rotatable bonds is 7. The summed E-state index contributed by atoms with van der Waals surface area (Å²) < 4.78 is 1.67. The van der Waals surface area contributed by atoms with Crippen LogP contribution in [-0.2, 0) is 4.79 Å². The molecule has 0 spiro atoms. The van der Waals surface area contributed by atoms with Crippen molar-refractivity contribution in [3.8, 4) is 0 Å². The van der Waals surface area contributed by atoms with Gasteiger partial charge in [0.05, 0.1) is 5.25 Å². The van der Waals surface area contributed by atoms with Crippen LogP contribution in [-0.4, -0.2) is 32.5 Å². The van der Waals surface area contributed by atoms with Crippen LogP contribution >= 0.6 is 11.8 Å². The third-order valence-corrected chi connectivity index (χ3v) is 5.25. The Kier molecular flexibility index (Phi) is 5.08. The smallest absolute Gasteiger partial charge is 0.344 e. The van der Waals surface area contributed by atoms with E-state index in [1.807, 2.05) is 25.1 Å². The second-order valence-corrected chi connectivity index (χ2v) is 7.54. The molecule has 1 saturated carbocycles.